The summed E-state index contributed by atoms with van der Waals surface area (Å²) in [6.07, 6.45) is 2.27. The summed E-state index contributed by atoms with van der Waals surface area (Å²) in [6, 6.07) is 1.62. The minimum absolute atomic E-state index is 0.132. The number of carbonyl (C=O) groups excluding carboxylic acids is 1. The molecular formula is C12H18ClN3O. The van der Waals surface area contributed by atoms with Crippen LogP contribution in [-0.2, 0) is 0 Å². The number of rotatable bonds is 4. The molecule has 0 radical (unpaired) electrons. The number of hydrogen-bond acceptors (Lipinski definition) is 3. The molecule has 0 bridgehead atoms. The Morgan fingerprint density at radius 1 is 1.59 bits per heavy atom. The quantitative estimate of drug-likeness (QED) is 0.869. The molecule has 94 valence electrons. The molecule has 1 amide bonds. The van der Waals surface area contributed by atoms with Gasteiger partial charge in [-0.1, -0.05) is 32.4 Å². The summed E-state index contributed by atoms with van der Waals surface area (Å²) < 4.78 is 0. The van der Waals surface area contributed by atoms with E-state index in [4.69, 9.17) is 17.3 Å². The maximum Gasteiger partial charge on any atom is 0.253 e. The first-order chi connectivity index (χ1) is 7.95. The van der Waals surface area contributed by atoms with E-state index < -0.39 is 0 Å². The molecule has 17 heavy (non-hydrogen) atoms. The van der Waals surface area contributed by atoms with Gasteiger partial charge < -0.3 is 11.1 Å². The smallest absolute Gasteiger partial charge is 0.253 e. The lowest BCUT2D eigenvalue weighted by molar-refractivity contribution is 0.0924. The van der Waals surface area contributed by atoms with Gasteiger partial charge in [0.1, 0.15) is 5.82 Å². The Labute approximate surface area is 107 Å². The third-order valence-corrected chi connectivity index (χ3v) is 2.98. The van der Waals surface area contributed by atoms with E-state index in [9.17, 15) is 4.79 Å². The van der Waals surface area contributed by atoms with Crippen molar-refractivity contribution in [3.05, 3.63) is 22.8 Å². The van der Waals surface area contributed by atoms with E-state index in [-0.39, 0.29) is 17.8 Å². The van der Waals surface area contributed by atoms with Crippen LogP contribution in [0.2, 0.25) is 5.02 Å². The zero-order valence-corrected chi connectivity index (χ0v) is 11.1. The minimum Gasteiger partial charge on any atom is -0.384 e. The highest BCUT2D eigenvalue weighted by Crippen LogP contribution is 2.17. The van der Waals surface area contributed by atoms with Crippen LogP contribution in [0.5, 0.6) is 0 Å². The monoisotopic (exact) mass is 255 g/mol. The van der Waals surface area contributed by atoms with Crippen molar-refractivity contribution in [2.75, 3.05) is 5.73 Å². The second-order valence-corrected chi connectivity index (χ2v) is 4.73. The van der Waals surface area contributed by atoms with Crippen LogP contribution in [0.15, 0.2) is 12.3 Å². The molecule has 0 aliphatic heterocycles. The highest BCUT2D eigenvalue weighted by Gasteiger charge is 2.17. The van der Waals surface area contributed by atoms with Crippen molar-refractivity contribution in [1.82, 2.24) is 10.3 Å². The zero-order chi connectivity index (χ0) is 13.0. The Bertz CT molecular complexity index is 407. The molecule has 0 saturated carbocycles. The number of aromatic nitrogens is 1. The van der Waals surface area contributed by atoms with Gasteiger partial charge in [0.2, 0.25) is 0 Å². The Kier molecular flexibility index (Phi) is 4.75. The maximum absolute atomic E-state index is 12.0. The molecule has 4 nitrogen and oxygen atoms in total. The van der Waals surface area contributed by atoms with E-state index in [2.05, 4.69) is 24.1 Å². The fourth-order valence-electron chi connectivity index (χ4n) is 1.62. The first kappa shape index (κ1) is 13.8. The van der Waals surface area contributed by atoms with Gasteiger partial charge in [-0.3, -0.25) is 4.79 Å². The van der Waals surface area contributed by atoms with Gasteiger partial charge in [-0.25, -0.2) is 4.98 Å². The van der Waals surface area contributed by atoms with Crippen LogP contribution < -0.4 is 11.1 Å². The summed E-state index contributed by atoms with van der Waals surface area (Å²) in [5.74, 6) is 0.462. The largest absolute Gasteiger partial charge is 0.384 e. The third kappa shape index (κ3) is 3.60. The van der Waals surface area contributed by atoms with Crippen molar-refractivity contribution in [2.24, 2.45) is 5.92 Å². The zero-order valence-electron chi connectivity index (χ0n) is 10.3. The van der Waals surface area contributed by atoms with Crippen LogP contribution in [0, 0.1) is 5.92 Å². The van der Waals surface area contributed by atoms with Crippen LogP contribution in [0.1, 0.15) is 37.6 Å². The Morgan fingerprint density at radius 3 is 2.76 bits per heavy atom. The van der Waals surface area contributed by atoms with Crippen LogP contribution in [-0.4, -0.2) is 16.9 Å². The molecule has 5 heteroatoms. The summed E-state index contributed by atoms with van der Waals surface area (Å²) in [4.78, 5) is 15.8. The number of pyridine rings is 1. The number of amides is 1. The number of nitrogens with one attached hydrogen (secondary N) is 1. The lowest BCUT2D eigenvalue weighted by atomic mass is 10.0. The fraction of sp³-hybridized carbons (Fsp3) is 0.500. The molecule has 1 unspecified atom stereocenters. The molecule has 1 heterocycles. The van der Waals surface area contributed by atoms with Crippen molar-refractivity contribution >= 4 is 23.3 Å². The first-order valence-corrected chi connectivity index (χ1v) is 6.05. The van der Waals surface area contributed by atoms with Crippen molar-refractivity contribution in [2.45, 2.75) is 33.2 Å². The second kappa shape index (κ2) is 5.87. The summed E-state index contributed by atoms with van der Waals surface area (Å²) in [6.45, 7) is 6.17. The van der Waals surface area contributed by atoms with Crippen LogP contribution in [0.25, 0.3) is 0 Å². The maximum atomic E-state index is 12.0. The standard InChI is InChI=1S/C12H18ClN3O/c1-4-10(7(2)3)16-12(17)8-5-11(14)15-6-9(8)13/h5-7,10H,4H2,1-3H3,(H2,14,15)(H,16,17). The lowest BCUT2D eigenvalue weighted by Gasteiger charge is -2.21. The number of halogens is 1. The lowest BCUT2D eigenvalue weighted by Crippen LogP contribution is -2.38. The van der Waals surface area contributed by atoms with E-state index in [1.807, 2.05) is 6.92 Å². The van der Waals surface area contributed by atoms with Gasteiger partial charge in [0.15, 0.2) is 0 Å². The third-order valence-electron chi connectivity index (χ3n) is 2.68. The molecule has 1 aromatic rings. The van der Waals surface area contributed by atoms with Gasteiger partial charge >= 0.3 is 0 Å². The van der Waals surface area contributed by atoms with E-state index >= 15 is 0 Å². The predicted octanol–water partition coefficient (Wildman–Crippen LogP) is 2.48. The van der Waals surface area contributed by atoms with Crippen LogP contribution >= 0.6 is 11.6 Å². The Hall–Kier alpha value is -1.29. The molecule has 0 spiro atoms. The summed E-state index contributed by atoms with van der Waals surface area (Å²) in [5, 5.41) is 3.26. The first-order valence-electron chi connectivity index (χ1n) is 5.67. The van der Waals surface area contributed by atoms with Crippen molar-refractivity contribution in [3.63, 3.8) is 0 Å². The average Bonchev–Trinajstić information content (AvgIpc) is 2.28. The van der Waals surface area contributed by atoms with E-state index in [0.29, 0.717) is 16.5 Å². The van der Waals surface area contributed by atoms with Crippen molar-refractivity contribution in [3.8, 4) is 0 Å². The second-order valence-electron chi connectivity index (χ2n) is 4.32. The van der Waals surface area contributed by atoms with Crippen LogP contribution in [0.3, 0.4) is 0 Å². The summed E-state index contributed by atoms with van der Waals surface area (Å²) >= 11 is 5.92. The highest BCUT2D eigenvalue weighted by molar-refractivity contribution is 6.33. The van der Waals surface area contributed by atoms with Crippen molar-refractivity contribution in [1.29, 1.82) is 0 Å². The van der Waals surface area contributed by atoms with Gasteiger partial charge in [-0.2, -0.15) is 0 Å². The Morgan fingerprint density at radius 2 is 2.24 bits per heavy atom. The molecule has 0 aromatic carbocycles. The molecule has 0 aliphatic carbocycles. The SMILES string of the molecule is CCC(NC(=O)c1cc(N)ncc1Cl)C(C)C. The average molecular weight is 256 g/mol. The predicted molar refractivity (Wildman–Crippen MR) is 70.0 cm³/mol. The van der Waals surface area contributed by atoms with E-state index in [1.54, 1.807) is 0 Å². The normalized spacial score (nSPS) is 12.5. The number of nitrogen functional groups attached to an aromatic ring is 1. The molecule has 1 aromatic heterocycles. The highest BCUT2D eigenvalue weighted by atomic mass is 35.5. The molecule has 0 saturated heterocycles. The van der Waals surface area contributed by atoms with Crippen LogP contribution in [0.4, 0.5) is 5.82 Å². The molecule has 1 atom stereocenters. The molecular weight excluding hydrogens is 238 g/mol. The van der Waals surface area contributed by atoms with E-state index in [1.165, 1.54) is 12.3 Å². The molecule has 3 N–H and O–H groups in total. The molecule has 0 aliphatic rings. The number of hydrogen-bond donors (Lipinski definition) is 2. The number of nitrogens with zero attached hydrogens (tertiary/aromatic N) is 1. The summed E-state index contributed by atoms with van der Waals surface area (Å²) in [5.41, 5.74) is 5.91. The van der Waals surface area contributed by atoms with Crippen molar-refractivity contribution < 1.29 is 4.79 Å². The number of nitrogens with two attached hydrogens (primary N) is 1. The van der Waals surface area contributed by atoms with E-state index in [0.717, 1.165) is 6.42 Å². The van der Waals surface area contributed by atoms with Gasteiger partial charge in [0.05, 0.1) is 10.6 Å². The number of carbonyl (C=O) groups is 1. The minimum atomic E-state index is -0.204. The van der Waals surface area contributed by atoms with Gasteiger partial charge in [-0.15, -0.1) is 0 Å². The summed E-state index contributed by atoms with van der Waals surface area (Å²) in [7, 11) is 0. The fourth-order valence-corrected chi connectivity index (χ4v) is 1.80. The van der Waals surface area contributed by atoms with Gasteiger partial charge in [0.25, 0.3) is 5.91 Å². The van der Waals surface area contributed by atoms with Gasteiger partial charge in [-0.05, 0) is 18.4 Å². The molecule has 0 fully saturated rings. The topological polar surface area (TPSA) is 68.0 Å². The Balaban J connectivity index is 2.86. The molecule has 1 rings (SSSR count). The van der Waals surface area contributed by atoms with Gasteiger partial charge in [0, 0.05) is 12.2 Å². The number of anilines is 1.